The SMILES string of the molecule is NC(c1cnc2ccccc2c1)c1cc(Cl)ccc1Cl. The third-order valence-electron chi connectivity index (χ3n) is 3.26. The molecule has 3 aromatic rings. The third kappa shape index (κ3) is 2.50. The minimum atomic E-state index is -0.349. The van der Waals surface area contributed by atoms with E-state index >= 15 is 0 Å². The van der Waals surface area contributed by atoms with Gasteiger partial charge in [0.15, 0.2) is 0 Å². The second kappa shape index (κ2) is 5.41. The normalized spacial score (nSPS) is 12.6. The van der Waals surface area contributed by atoms with Crippen LogP contribution in [0.4, 0.5) is 0 Å². The molecule has 1 heterocycles. The van der Waals surface area contributed by atoms with Gasteiger partial charge in [-0.1, -0.05) is 41.4 Å². The first-order valence-electron chi connectivity index (χ1n) is 6.20. The van der Waals surface area contributed by atoms with Crippen LogP contribution >= 0.6 is 23.2 Å². The summed E-state index contributed by atoms with van der Waals surface area (Å²) in [6, 6.07) is 14.9. The van der Waals surface area contributed by atoms with Crippen LogP contribution in [0.3, 0.4) is 0 Å². The van der Waals surface area contributed by atoms with Crippen molar-refractivity contribution in [2.75, 3.05) is 0 Å². The minimum Gasteiger partial charge on any atom is -0.320 e. The van der Waals surface area contributed by atoms with Gasteiger partial charge in [0.05, 0.1) is 11.6 Å². The Balaban J connectivity index is 2.07. The lowest BCUT2D eigenvalue weighted by molar-refractivity contribution is 0.867. The molecule has 2 aromatic carbocycles. The van der Waals surface area contributed by atoms with Gasteiger partial charge in [-0.3, -0.25) is 4.98 Å². The van der Waals surface area contributed by atoms with Crippen molar-refractivity contribution in [1.29, 1.82) is 0 Å². The third-order valence-corrected chi connectivity index (χ3v) is 3.84. The first kappa shape index (κ1) is 13.4. The molecule has 20 heavy (non-hydrogen) atoms. The standard InChI is InChI=1S/C16H12Cl2N2/c17-12-5-6-14(18)13(8-12)16(19)11-7-10-3-1-2-4-15(10)20-9-11/h1-9,16H,19H2. The molecule has 1 aromatic heterocycles. The molecule has 0 spiro atoms. The van der Waals surface area contributed by atoms with Crippen LogP contribution in [0.25, 0.3) is 10.9 Å². The van der Waals surface area contributed by atoms with Crippen LogP contribution in [0.15, 0.2) is 54.7 Å². The molecular weight excluding hydrogens is 291 g/mol. The van der Waals surface area contributed by atoms with Crippen molar-refractivity contribution in [2.24, 2.45) is 5.73 Å². The smallest absolute Gasteiger partial charge is 0.0702 e. The maximum absolute atomic E-state index is 6.29. The van der Waals surface area contributed by atoms with Gasteiger partial charge >= 0.3 is 0 Å². The van der Waals surface area contributed by atoms with Gasteiger partial charge < -0.3 is 5.73 Å². The molecule has 0 radical (unpaired) electrons. The number of aromatic nitrogens is 1. The number of para-hydroxylation sites is 1. The van der Waals surface area contributed by atoms with E-state index in [1.807, 2.05) is 30.3 Å². The topological polar surface area (TPSA) is 38.9 Å². The Morgan fingerprint density at radius 1 is 1.00 bits per heavy atom. The Morgan fingerprint density at radius 2 is 1.80 bits per heavy atom. The fourth-order valence-corrected chi connectivity index (χ4v) is 2.61. The summed E-state index contributed by atoms with van der Waals surface area (Å²) in [5.41, 5.74) is 8.95. The summed E-state index contributed by atoms with van der Waals surface area (Å²) in [5.74, 6) is 0. The average Bonchev–Trinajstić information content (AvgIpc) is 2.48. The Labute approximate surface area is 127 Å². The summed E-state index contributed by atoms with van der Waals surface area (Å²) < 4.78 is 0. The van der Waals surface area contributed by atoms with E-state index in [1.54, 1.807) is 24.4 Å². The van der Waals surface area contributed by atoms with Crippen molar-refractivity contribution in [2.45, 2.75) is 6.04 Å². The predicted molar refractivity (Wildman–Crippen MR) is 84.2 cm³/mol. The number of benzene rings is 2. The molecule has 1 unspecified atom stereocenters. The molecule has 3 rings (SSSR count). The van der Waals surface area contributed by atoms with Crippen molar-refractivity contribution in [3.8, 4) is 0 Å². The highest BCUT2D eigenvalue weighted by atomic mass is 35.5. The number of rotatable bonds is 2. The number of hydrogen-bond acceptors (Lipinski definition) is 2. The summed E-state index contributed by atoms with van der Waals surface area (Å²) >= 11 is 12.2. The monoisotopic (exact) mass is 302 g/mol. The van der Waals surface area contributed by atoms with Gasteiger partial charge in [-0.05, 0) is 41.5 Å². The van der Waals surface area contributed by atoms with Crippen LogP contribution in [0, 0.1) is 0 Å². The van der Waals surface area contributed by atoms with Gasteiger partial charge in [0.1, 0.15) is 0 Å². The highest BCUT2D eigenvalue weighted by Crippen LogP contribution is 2.29. The molecule has 0 saturated heterocycles. The van der Waals surface area contributed by atoms with Crippen LogP contribution in [0.2, 0.25) is 10.0 Å². The zero-order chi connectivity index (χ0) is 14.1. The fourth-order valence-electron chi connectivity index (χ4n) is 2.19. The maximum atomic E-state index is 6.29. The Kier molecular flexibility index (Phi) is 3.62. The van der Waals surface area contributed by atoms with Gasteiger partial charge in [0.2, 0.25) is 0 Å². The van der Waals surface area contributed by atoms with E-state index in [2.05, 4.69) is 4.98 Å². The number of nitrogens with two attached hydrogens (primary N) is 1. The van der Waals surface area contributed by atoms with Crippen LogP contribution < -0.4 is 5.73 Å². The lowest BCUT2D eigenvalue weighted by atomic mass is 10.00. The molecule has 0 aliphatic rings. The van der Waals surface area contributed by atoms with E-state index in [4.69, 9.17) is 28.9 Å². The first-order chi connectivity index (χ1) is 9.65. The molecule has 0 amide bonds. The van der Waals surface area contributed by atoms with Gasteiger partial charge in [-0.25, -0.2) is 0 Å². The number of pyridine rings is 1. The van der Waals surface area contributed by atoms with Crippen LogP contribution in [-0.4, -0.2) is 4.98 Å². The second-order valence-electron chi connectivity index (χ2n) is 4.60. The molecular formula is C16H12Cl2N2. The van der Waals surface area contributed by atoms with Crippen LogP contribution in [0.5, 0.6) is 0 Å². The quantitative estimate of drug-likeness (QED) is 0.752. The molecule has 0 saturated carbocycles. The zero-order valence-corrected chi connectivity index (χ0v) is 12.1. The summed E-state index contributed by atoms with van der Waals surface area (Å²) in [6.07, 6.45) is 1.78. The zero-order valence-electron chi connectivity index (χ0n) is 10.6. The molecule has 4 heteroatoms. The van der Waals surface area contributed by atoms with E-state index in [9.17, 15) is 0 Å². The maximum Gasteiger partial charge on any atom is 0.0702 e. The lowest BCUT2D eigenvalue weighted by Crippen LogP contribution is -2.12. The summed E-state index contributed by atoms with van der Waals surface area (Å²) in [4.78, 5) is 4.42. The van der Waals surface area contributed by atoms with Crippen molar-refractivity contribution >= 4 is 34.1 Å². The molecule has 2 nitrogen and oxygen atoms in total. The molecule has 1 atom stereocenters. The van der Waals surface area contributed by atoms with Crippen molar-refractivity contribution < 1.29 is 0 Å². The molecule has 0 aliphatic heterocycles. The molecule has 0 bridgehead atoms. The minimum absolute atomic E-state index is 0.349. The van der Waals surface area contributed by atoms with Gasteiger partial charge in [-0.2, -0.15) is 0 Å². The van der Waals surface area contributed by atoms with Crippen molar-refractivity contribution in [3.05, 3.63) is 75.9 Å². The van der Waals surface area contributed by atoms with Gasteiger partial charge in [-0.15, -0.1) is 0 Å². The predicted octanol–water partition coefficient (Wildman–Crippen LogP) is 4.59. The Hall–Kier alpha value is -1.61. The van der Waals surface area contributed by atoms with Gasteiger partial charge in [0, 0.05) is 21.6 Å². The molecule has 0 aliphatic carbocycles. The van der Waals surface area contributed by atoms with Gasteiger partial charge in [0.25, 0.3) is 0 Å². The number of hydrogen-bond donors (Lipinski definition) is 1. The van der Waals surface area contributed by atoms with Crippen LogP contribution in [0.1, 0.15) is 17.2 Å². The highest BCUT2D eigenvalue weighted by Gasteiger charge is 2.14. The first-order valence-corrected chi connectivity index (χ1v) is 6.96. The Bertz CT molecular complexity index is 771. The summed E-state index contributed by atoms with van der Waals surface area (Å²) in [5, 5.41) is 2.28. The van der Waals surface area contributed by atoms with E-state index in [0.29, 0.717) is 10.0 Å². The molecule has 0 fully saturated rings. The molecule has 100 valence electrons. The van der Waals surface area contributed by atoms with Crippen molar-refractivity contribution in [1.82, 2.24) is 4.98 Å². The van der Waals surface area contributed by atoms with E-state index in [-0.39, 0.29) is 6.04 Å². The number of nitrogens with zero attached hydrogens (tertiary/aromatic N) is 1. The number of fused-ring (bicyclic) bond motifs is 1. The second-order valence-corrected chi connectivity index (χ2v) is 5.45. The number of halogens is 2. The van der Waals surface area contributed by atoms with E-state index in [0.717, 1.165) is 22.0 Å². The Morgan fingerprint density at radius 3 is 2.65 bits per heavy atom. The van der Waals surface area contributed by atoms with E-state index in [1.165, 1.54) is 0 Å². The largest absolute Gasteiger partial charge is 0.320 e. The van der Waals surface area contributed by atoms with Crippen LogP contribution in [-0.2, 0) is 0 Å². The summed E-state index contributed by atoms with van der Waals surface area (Å²) in [7, 11) is 0. The highest BCUT2D eigenvalue weighted by molar-refractivity contribution is 6.33. The fraction of sp³-hybridized carbons (Fsp3) is 0.0625. The molecule has 2 N–H and O–H groups in total. The lowest BCUT2D eigenvalue weighted by Gasteiger charge is -2.15. The average molecular weight is 303 g/mol. The van der Waals surface area contributed by atoms with Crippen molar-refractivity contribution in [3.63, 3.8) is 0 Å². The summed E-state index contributed by atoms with van der Waals surface area (Å²) in [6.45, 7) is 0. The van der Waals surface area contributed by atoms with E-state index < -0.39 is 0 Å².